The van der Waals surface area contributed by atoms with Crippen molar-refractivity contribution < 1.29 is 5.11 Å². The van der Waals surface area contributed by atoms with Gasteiger partial charge < -0.3 is 10.4 Å². The van der Waals surface area contributed by atoms with Gasteiger partial charge >= 0.3 is 0 Å². The monoisotopic (exact) mass is 315 g/mol. The summed E-state index contributed by atoms with van der Waals surface area (Å²) in [6, 6.07) is 15.0. The van der Waals surface area contributed by atoms with Crippen molar-refractivity contribution in [1.82, 2.24) is 20.2 Å². The van der Waals surface area contributed by atoms with E-state index >= 15 is 0 Å². The Labute approximate surface area is 132 Å². The number of halogens is 1. The Kier molecular flexibility index (Phi) is 4.32. The van der Waals surface area contributed by atoms with Crippen molar-refractivity contribution in [2.75, 3.05) is 5.32 Å². The quantitative estimate of drug-likeness (QED) is 0.756. The first-order chi connectivity index (χ1) is 10.8. The number of nitrogens with one attached hydrogen (secondary N) is 1. The maximum absolute atomic E-state index is 9.19. The number of tetrazole rings is 1. The van der Waals surface area contributed by atoms with Gasteiger partial charge in [0.05, 0.1) is 29.5 Å². The molecule has 0 radical (unpaired) electrons. The van der Waals surface area contributed by atoms with Crippen LogP contribution in [0, 0.1) is 0 Å². The van der Waals surface area contributed by atoms with Crippen LogP contribution in [-0.2, 0) is 13.2 Å². The van der Waals surface area contributed by atoms with Crippen LogP contribution in [0.3, 0.4) is 0 Å². The number of hydrogen-bond donors (Lipinski definition) is 2. The summed E-state index contributed by atoms with van der Waals surface area (Å²) >= 11 is 6.15. The summed E-state index contributed by atoms with van der Waals surface area (Å²) < 4.78 is 1.66. The number of anilines is 1. The molecule has 3 aromatic rings. The summed E-state index contributed by atoms with van der Waals surface area (Å²) in [6.07, 6.45) is 0. The normalized spacial score (nSPS) is 10.6. The van der Waals surface area contributed by atoms with E-state index in [1.165, 1.54) is 0 Å². The van der Waals surface area contributed by atoms with Crippen molar-refractivity contribution in [2.45, 2.75) is 13.2 Å². The van der Waals surface area contributed by atoms with E-state index in [4.69, 9.17) is 11.6 Å². The molecule has 6 nitrogen and oxygen atoms in total. The van der Waals surface area contributed by atoms with E-state index in [0.29, 0.717) is 17.4 Å². The highest BCUT2D eigenvalue weighted by molar-refractivity contribution is 6.33. The highest BCUT2D eigenvalue weighted by atomic mass is 35.5. The average molecular weight is 316 g/mol. The number of para-hydroxylation sites is 1. The SMILES string of the molecule is OCc1ccc(Cl)c(NCc2nnnn2-c2ccccc2)c1. The number of hydrogen-bond acceptors (Lipinski definition) is 5. The summed E-state index contributed by atoms with van der Waals surface area (Å²) in [6.45, 7) is 0.379. The van der Waals surface area contributed by atoms with Crippen molar-refractivity contribution in [3.05, 3.63) is 64.9 Å². The van der Waals surface area contributed by atoms with Crippen LogP contribution in [0.5, 0.6) is 0 Å². The van der Waals surface area contributed by atoms with Gasteiger partial charge in [0, 0.05) is 0 Å². The third-order valence-electron chi connectivity index (χ3n) is 3.19. The molecule has 0 aliphatic heterocycles. The number of aliphatic hydroxyl groups is 1. The van der Waals surface area contributed by atoms with E-state index in [0.717, 1.165) is 16.9 Å². The molecule has 7 heteroatoms. The molecule has 0 unspecified atom stereocenters. The van der Waals surface area contributed by atoms with Crippen molar-refractivity contribution >= 4 is 17.3 Å². The fourth-order valence-corrected chi connectivity index (χ4v) is 2.25. The van der Waals surface area contributed by atoms with E-state index < -0.39 is 0 Å². The second-order valence-corrected chi connectivity index (χ2v) is 5.08. The summed E-state index contributed by atoms with van der Waals surface area (Å²) in [5, 5.41) is 24.7. The predicted octanol–water partition coefficient (Wildman–Crippen LogP) is 2.42. The lowest BCUT2D eigenvalue weighted by Gasteiger charge is -2.10. The second kappa shape index (κ2) is 6.55. The standard InChI is InChI=1S/C15H14ClN5O/c16-13-7-6-11(10-22)8-14(13)17-9-15-18-19-20-21(15)12-4-2-1-3-5-12/h1-8,17,22H,9-10H2. The molecule has 2 aromatic carbocycles. The lowest BCUT2D eigenvalue weighted by molar-refractivity contribution is 0.282. The zero-order valence-corrected chi connectivity index (χ0v) is 12.4. The molecule has 0 aliphatic rings. The molecule has 0 saturated heterocycles. The first-order valence-corrected chi connectivity index (χ1v) is 7.11. The van der Waals surface area contributed by atoms with E-state index in [1.54, 1.807) is 22.9 Å². The lowest BCUT2D eigenvalue weighted by atomic mass is 10.2. The number of rotatable bonds is 5. The molecular weight excluding hydrogens is 302 g/mol. The molecule has 0 atom stereocenters. The Bertz CT molecular complexity index is 760. The second-order valence-electron chi connectivity index (χ2n) is 4.67. The zero-order chi connectivity index (χ0) is 15.4. The minimum absolute atomic E-state index is 0.0341. The number of benzene rings is 2. The first-order valence-electron chi connectivity index (χ1n) is 6.74. The molecule has 0 spiro atoms. The van der Waals surface area contributed by atoms with Gasteiger partial charge in [-0.1, -0.05) is 35.9 Å². The molecule has 3 rings (SSSR count). The van der Waals surface area contributed by atoms with Crippen LogP contribution in [0.4, 0.5) is 5.69 Å². The van der Waals surface area contributed by atoms with Crippen molar-refractivity contribution in [1.29, 1.82) is 0 Å². The largest absolute Gasteiger partial charge is 0.392 e. The van der Waals surface area contributed by atoms with Gasteiger partial charge in [-0.15, -0.1) is 5.10 Å². The van der Waals surface area contributed by atoms with Crippen molar-refractivity contribution in [3.8, 4) is 5.69 Å². The van der Waals surface area contributed by atoms with Gasteiger partial charge in [0.15, 0.2) is 5.82 Å². The summed E-state index contributed by atoms with van der Waals surface area (Å²) in [5.74, 6) is 0.664. The molecule has 22 heavy (non-hydrogen) atoms. The third kappa shape index (κ3) is 3.08. The predicted molar refractivity (Wildman–Crippen MR) is 83.9 cm³/mol. The summed E-state index contributed by atoms with van der Waals surface area (Å²) in [4.78, 5) is 0. The molecule has 2 N–H and O–H groups in total. The minimum atomic E-state index is -0.0341. The smallest absolute Gasteiger partial charge is 0.175 e. The van der Waals surface area contributed by atoms with Crippen LogP contribution < -0.4 is 5.32 Å². The molecular formula is C15H14ClN5O. The Hall–Kier alpha value is -2.44. The lowest BCUT2D eigenvalue weighted by Crippen LogP contribution is -2.09. The molecule has 0 saturated carbocycles. The van der Waals surface area contributed by atoms with E-state index in [1.807, 2.05) is 30.3 Å². The van der Waals surface area contributed by atoms with Crippen molar-refractivity contribution in [3.63, 3.8) is 0 Å². The van der Waals surface area contributed by atoms with Gasteiger partial charge in [-0.05, 0) is 40.3 Å². The maximum Gasteiger partial charge on any atom is 0.175 e. The van der Waals surface area contributed by atoms with Crippen LogP contribution in [-0.4, -0.2) is 25.3 Å². The average Bonchev–Trinajstić information content (AvgIpc) is 3.03. The van der Waals surface area contributed by atoms with Gasteiger partial charge in [-0.3, -0.25) is 0 Å². The van der Waals surface area contributed by atoms with Crippen LogP contribution in [0.2, 0.25) is 5.02 Å². The molecule has 0 aliphatic carbocycles. The number of aliphatic hydroxyl groups excluding tert-OH is 1. The Morgan fingerprint density at radius 2 is 1.95 bits per heavy atom. The Morgan fingerprint density at radius 3 is 2.73 bits per heavy atom. The maximum atomic E-state index is 9.19. The highest BCUT2D eigenvalue weighted by Gasteiger charge is 2.09. The fraction of sp³-hybridized carbons (Fsp3) is 0.133. The van der Waals surface area contributed by atoms with Crippen LogP contribution in [0.1, 0.15) is 11.4 Å². The zero-order valence-electron chi connectivity index (χ0n) is 11.6. The molecule has 112 valence electrons. The van der Waals surface area contributed by atoms with E-state index in [2.05, 4.69) is 20.8 Å². The van der Waals surface area contributed by atoms with Gasteiger partial charge in [-0.25, -0.2) is 0 Å². The van der Waals surface area contributed by atoms with Crippen LogP contribution in [0.15, 0.2) is 48.5 Å². The van der Waals surface area contributed by atoms with Gasteiger partial charge in [0.2, 0.25) is 0 Å². The molecule has 1 aromatic heterocycles. The molecule has 0 bridgehead atoms. The molecule has 1 heterocycles. The van der Waals surface area contributed by atoms with Crippen molar-refractivity contribution in [2.24, 2.45) is 0 Å². The topological polar surface area (TPSA) is 75.9 Å². The van der Waals surface area contributed by atoms with Gasteiger partial charge in [-0.2, -0.15) is 4.68 Å². The van der Waals surface area contributed by atoms with E-state index in [9.17, 15) is 5.11 Å². The summed E-state index contributed by atoms with van der Waals surface area (Å²) in [7, 11) is 0. The Balaban J connectivity index is 1.80. The first kappa shape index (κ1) is 14.5. The minimum Gasteiger partial charge on any atom is -0.392 e. The molecule has 0 fully saturated rings. The van der Waals surface area contributed by atoms with Crippen LogP contribution in [0.25, 0.3) is 5.69 Å². The highest BCUT2D eigenvalue weighted by Crippen LogP contribution is 2.23. The third-order valence-corrected chi connectivity index (χ3v) is 3.51. The van der Waals surface area contributed by atoms with Crippen LogP contribution >= 0.6 is 11.6 Å². The number of aromatic nitrogens is 4. The van der Waals surface area contributed by atoms with E-state index in [-0.39, 0.29) is 6.61 Å². The Morgan fingerprint density at radius 1 is 1.14 bits per heavy atom. The number of nitrogens with zero attached hydrogens (tertiary/aromatic N) is 4. The summed E-state index contributed by atoms with van der Waals surface area (Å²) in [5.41, 5.74) is 2.41. The molecule has 0 amide bonds. The van der Waals surface area contributed by atoms with Gasteiger partial charge in [0.25, 0.3) is 0 Å². The fourth-order valence-electron chi connectivity index (χ4n) is 2.07. The van der Waals surface area contributed by atoms with Gasteiger partial charge in [0.1, 0.15) is 0 Å².